The maximum atomic E-state index is 12.3. The molecule has 1 amide bonds. The van der Waals surface area contributed by atoms with Crippen LogP contribution in [-0.4, -0.2) is 28.0 Å². The number of carbonyl (C=O) groups excluding carboxylic acids is 1. The molecule has 136 valence electrons. The molecule has 0 atom stereocenters. The van der Waals surface area contributed by atoms with E-state index in [0.29, 0.717) is 21.9 Å². The molecule has 7 heteroatoms. The van der Waals surface area contributed by atoms with Gasteiger partial charge in [0.25, 0.3) is 5.56 Å². The first-order chi connectivity index (χ1) is 12.5. The van der Waals surface area contributed by atoms with E-state index in [4.69, 9.17) is 0 Å². The number of thiophene rings is 1. The number of hydrogen-bond donors (Lipinski definition) is 1. The van der Waals surface area contributed by atoms with E-state index in [1.807, 2.05) is 29.6 Å². The van der Waals surface area contributed by atoms with Crippen LogP contribution in [0.5, 0.6) is 0 Å². The number of anilines is 2. The van der Waals surface area contributed by atoms with Gasteiger partial charge in [0.05, 0.1) is 11.7 Å². The average molecular weight is 370 g/mol. The van der Waals surface area contributed by atoms with Crippen LogP contribution in [-0.2, 0) is 11.3 Å². The van der Waals surface area contributed by atoms with Gasteiger partial charge in [0.15, 0.2) is 0 Å². The number of fused-ring (bicyclic) bond motifs is 1. The maximum Gasteiger partial charge on any atom is 0.262 e. The van der Waals surface area contributed by atoms with E-state index in [0.717, 1.165) is 12.2 Å². The number of nitrogens with one attached hydrogen (secondary N) is 1. The van der Waals surface area contributed by atoms with Crippen molar-refractivity contribution in [3.05, 3.63) is 52.4 Å². The maximum absolute atomic E-state index is 12.3. The van der Waals surface area contributed by atoms with Crippen LogP contribution < -0.4 is 15.8 Å². The van der Waals surface area contributed by atoms with E-state index < -0.39 is 0 Å². The van der Waals surface area contributed by atoms with Gasteiger partial charge in [-0.15, -0.1) is 11.3 Å². The zero-order chi connectivity index (χ0) is 18.7. The minimum absolute atomic E-state index is 0.0630. The van der Waals surface area contributed by atoms with Crippen molar-refractivity contribution in [2.45, 2.75) is 33.4 Å². The Morgan fingerprint density at radius 2 is 2.00 bits per heavy atom. The second-order valence-corrected chi connectivity index (χ2v) is 7.19. The van der Waals surface area contributed by atoms with Gasteiger partial charge in [-0.2, -0.15) is 0 Å². The van der Waals surface area contributed by atoms with Crippen LogP contribution in [0.25, 0.3) is 10.2 Å². The minimum Gasteiger partial charge on any atom is -0.369 e. The number of rotatable bonds is 6. The fraction of sp³-hybridized carbons (Fsp3) is 0.316. The number of aromatic nitrogens is 2. The molecule has 0 radical (unpaired) electrons. The second-order valence-electron chi connectivity index (χ2n) is 6.29. The van der Waals surface area contributed by atoms with Crippen LogP contribution in [0, 0.1) is 0 Å². The first kappa shape index (κ1) is 18.1. The van der Waals surface area contributed by atoms with Gasteiger partial charge < -0.3 is 10.2 Å². The Hall–Kier alpha value is -2.67. The highest BCUT2D eigenvalue weighted by atomic mass is 32.1. The van der Waals surface area contributed by atoms with Gasteiger partial charge in [0, 0.05) is 24.0 Å². The van der Waals surface area contributed by atoms with E-state index in [2.05, 4.69) is 36.0 Å². The molecule has 0 saturated heterocycles. The summed E-state index contributed by atoms with van der Waals surface area (Å²) < 4.78 is 1.33. The molecular weight excluding hydrogens is 348 g/mol. The summed E-state index contributed by atoms with van der Waals surface area (Å²) in [6, 6.07) is 9.88. The fourth-order valence-corrected chi connectivity index (χ4v) is 3.67. The van der Waals surface area contributed by atoms with E-state index in [1.54, 1.807) is 6.07 Å². The molecule has 6 nitrogen and oxygen atoms in total. The van der Waals surface area contributed by atoms with Gasteiger partial charge in [0.1, 0.15) is 11.4 Å². The predicted molar refractivity (Wildman–Crippen MR) is 107 cm³/mol. The summed E-state index contributed by atoms with van der Waals surface area (Å²) >= 11 is 1.41. The summed E-state index contributed by atoms with van der Waals surface area (Å²) in [7, 11) is 0. The van der Waals surface area contributed by atoms with Crippen LogP contribution in [0.2, 0.25) is 0 Å². The number of benzene rings is 1. The molecule has 3 rings (SSSR count). The van der Waals surface area contributed by atoms with Crippen LogP contribution in [0.1, 0.15) is 20.8 Å². The van der Waals surface area contributed by atoms with Crippen molar-refractivity contribution in [1.82, 2.24) is 9.55 Å². The van der Waals surface area contributed by atoms with Crippen molar-refractivity contribution in [1.29, 1.82) is 0 Å². The monoisotopic (exact) mass is 370 g/mol. The topological polar surface area (TPSA) is 67.2 Å². The molecule has 0 aliphatic heterocycles. The highest BCUT2D eigenvalue weighted by Gasteiger charge is 2.11. The molecule has 0 saturated carbocycles. The molecule has 3 aromatic rings. The quantitative estimate of drug-likeness (QED) is 0.723. The van der Waals surface area contributed by atoms with Crippen molar-refractivity contribution in [3.63, 3.8) is 0 Å². The SMILES string of the molecule is CCN(c1ccc(NC(=O)Cn2cnc3sccc3c2=O)cc1)C(C)C. The van der Waals surface area contributed by atoms with Crippen LogP contribution in [0.3, 0.4) is 0 Å². The lowest BCUT2D eigenvalue weighted by Gasteiger charge is -2.27. The number of carbonyl (C=O) groups is 1. The molecule has 1 N–H and O–H groups in total. The highest BCUT2D eigenvalue weighted by Crippen LogP contribution is 2.20. The lowest BCUT2D eigenvalue weighted by atomic mass is 10.2. The standard InChI is InChI=1S/C19H22N4O2S/c1-4-23(13(2)3)15-7-5-14(6-8-15)21-17(24)11-22-12-20-18-16(19(22)25)9-10-26-18/h5-10,12-13H,4,11H2,1-3H3,(H,21,24). The lowest BCUT2D eigenvalue weighted by Crippen LogP contribution is -2.30. The summed E-state index contributed by atoms with van der Waals surface area (Å²) in [6.45, 7) is 7.27. The third kappa shape index (κ3) is 3.77. The van der Waals surface area contributed by atoms with Crippen molar-refractivity contribution >= 4 is 38.8 Å². The van der Waals surface area contributed by atoms with Gasteiger partial charge in [0.2, 0.25) is 5.91 Å². The summed E-state index contributed by atoms with van der Waals surface area (Å²) in [5, 5.41) is 5.20. The van der Waals surface area contributed by atoms with E-state index in [-0.39, 0.29) is 18.0 Å². The second kappa shape index (κ2) is 7.70. The Bertz CT molecular complexity index is 960. The van der Waals surface area contributed by atoms with Crippen molar-refractivity contribution in [2.24, 2.45) is 0 Å². The molecule has 2 aromatic heterocycles. The third-order valence-corrected chi connectivity index (χ3v) is 5.03. The zero-order valence-corrected chi connectivity index (χ0v) is 15.9. The predicted octanol–water partition coefficient (Wildman–Crippen LogP) is 3.33. The highest BCUT2D eigenvalue weighted by molar-refractivity contribution is 7.16. The molecule has 0 fully saturated rings. The van der Waals surface area contributed by atoms with Crippen molar-refractivity contribution < 1.29 is 4.79 Å². The smallest absolute Gasteiger partial charge is 0.262 e. The first-order valence-corrected chi connectivity index (χ1v) is 9.46. The Morgan fingerprint density at radius 1 is 1.27 bits per heavy atom. The summed E-state index contributed by atoms with van der Waals surface area (Å²) in [5.41, 5.74) is 1.62. The van der Waals surface area contributed by atoms with Gasteiger partial charge in [-0.1, -0.05) is 0 Å². The molecule has 26 heavy (non-hydrogen) atoms. The number of nitrogens with zero attached hydrogens (tertiary/aromatic N) is 3. The zero-order valence-electron chi connectivity index (χ0n) is 15.1. The summed E-state index contributed by atoms with van der Waals surface area (Å²) in [4.78, 5) is 31.8. The molecular formula is C19H22N4O2S. The molecule has 0 spiro atoms. The Kier molecular flexibility index (Phi) is 5.37. The normalized spacial score (nSPS) is 11.1. The Morgan fingerprint density at radius 3 is 2.65 bits per heavy atom. The minimum atomic E-state index is -0.257. The molecule has 0 aliphatic rings. The van der Waals surface area contributed by atoms with Crippen LogP contribution >= 0.6 is 11.3 Å². The van der Waals surface area contributed by atoms with Gasteiger partial charge >= 0.3 is 0 Å². The largest absolute Gasteiger partial charge is 0.369 e. The van der Waals surface area contributed by atoms with Crippen LogP contribution in [0.15, 0.2) is 46.8 Å². The number of hydrogen-bond acceptors (Lipinski definition) is 5. The molecule has 1 aromatic carbocycles. The van der Waals surface area contributed by atoms with E-state index in [9.17, 15) is 9.59 Å². The lowest BCUT2D eigenvalue weighted by molar-refractivity contribution is -0.116. The van der Waals surface area contributed by atoms with Crippen LogP contribution in [0.4, 0.5) is 11.4 Å². The van der Waals surface area contributed by atoms with Crippen molar-refractivity contribution in [2.75, 3.05) is 16.8 Å². The molecule has 0 bridgehead atoms. The molecule has 2 heterocycles. The van der Waals surface area contributed by atoms with Gasteiger partial charge in [-0.3, -0.25) is 14.2 Å². The Labute approximate surface area is 156 Å². The first-order valence-electron chi connectivity index (χ1n) is 8.58. The average Bonchev–Trinajstić information content (AvgIpc) is 3.09. The van der Waals surface area contributed by atoms with E-state index in [1.165, 1.54) is 22.2 Å². The fourth-order valence-electron chi connectivity index (χ4n) is 2.94. The molecule has 0 unspecified atom stereocenters. The summed E-state index contributed by atoms with van der Waals surface area (Å²) in [5.74, 6) is -0.257. The third-order valence-electron chi connectivity index (χ3n) is 4.21. The van der Waals surface area contributed by atoms with Crippen molar-refractivity contribution in [3.8, 4) is 0 Å². The molecule has 0 aliphatic carbocycles. The van der Waals surface area contributed by atoms with Gasteiger partial charge in [-0.25, -0.2) is 4.98 Å². The van der Waals surface area contributed by atoms with E-state index >= 15 is 0 Å². The Balaban J connectivity index is 1.69. The summed E-state index contributed by atoms with van der Waals surface area (Å²) in [6.07, 6.45) is 1.42. The number of amides is 1. The van der Waals surface area contributed by atoms with Gasteiger partial charge in [-0.05, 0) is 56.5 Å².